The molecule has 1 aromatic rings. The third-order valence-electron chi connectivity index (χ3n) is 3.25. The highest BCUT2D eigenvalue weighted by molar-refractivity contribution is 6.32. The molecule has 7 heteroatoms. The Kier molecular flexibility index (Phi) is 4.09. The lowest BCUT2D eigenvalue weighted by Crippen LogP contribution is -2.44. The van der Waals surface area contributed by atoms with Crippen LogP contribution in [-0.2, 0) is 4.79 Å². The van der Waals surface area contributed by atoms with Gasteiger partial charge in [0.05, 0.1) is 18.2 Å². The van der Waals surface area contributed by atoms with Gasteiger partial charge in [-0.3, -0.25) is 4.79 Å². The molecule has 0 spiro atoms. The van der Waals surface area contributed by atoms with Crippen molar-refractivity contribution in [2.24, 2.45) is 0 Å². The fraction of sp³-hybridized carbons (Fsp3) is 0.286. The van der Waals surface area contributed by atoms with E-state index in [2.05, 4.69) is 10.6 Å². The standard InChI is InChI=1S/C14H15ClN2O4/c1-6-11(7(2)18)12(17-14(20)16-6)8-4-9(15)13(19)10(5-8)21-3/h4-5,12,19H,1-3H3,(H2,16,17,20)/t12-/m0/s1. The minimum absolute atomic E-state index is 0.0812. The number of hydrogen-bond donors (Lipinski definition) is 3. The maximum Gasteiger partial charge on any atom is 0.319 e. The van der Waals surface area contributed by atoms with Gasteiger partial charge in [0.2, 0.25) is 0 Å². The number of ketones is 1. The van der Waals surface area contributed by atoms with Crippen LogP contribution in [0.2, 0.25) is 5.02 Å². The zero-order chi connectivity index (χ0) is 15.7. The third kappa shape index (κ3) is 2.80. The van der Waals surface area contributed by atoms with Crippen molar-refractivity contribution in [3.63, 3.8) is 0 Å². The Bertz CT molecular complexity index is 655. The van der Waals surface area contributed by atoms with Crippen LogP contribution in [0.25, 0.3) is 0 Å². The summed E-state index contributed by atoms with van der Waals surface area (Å²) in [4.78, 5) is 23.5. The summed E-state index contributed by atoms with van der Waals surface area (Å²) in [5.41, 5.74) is 1.46. The van der Waals surface area contributed by atoms with Crippen LogP contribution in [0.3, 0.4) is 0 Å². The van der Waals surface area contributed by atoms with E-state index in [-0.39, 0.29) is 22.3 Å². The molecule has 1 aliphatic heterocycles. The molecule has 112 valence electrons. The van der Waals surface area contributed by atoms with E-state index in [1.165, 1.54) is 26.2 Å². The quantitative estimate of drug-likeness (QED) is 0.799. The second-order valence-electron chi connectivity index (χ2n) is 4.68. The summed E-state index contributed by atoms with van der Waals surface area (Å²) in [5.74, 6) is -0.188. The molecule has 0 bridgehead atoms. The number of hydrogen-bond acceptors (Lipinski definition) is 4. The number of amides is 2. The molecule has 0 fully saturated rings. The lowest BCUT2D eigenvalue weighted by Gasteiger charge is -2.28. The summed E-state index contributed by atoms with van der Waals surface area (Å²) in [6.07, 6.45) is 0. The molecule has 1 heterocycles. The van der Waals surface area contributed by atoms with Crippen molar-refractivity contribution < 1.29 is 19.4 Å². The summed E-state index contributed by atoms with van der Waals surface area (Å²) < 4.78 is 5.04. The van der Waals surface area contributed by atoms with E-state index >= 15 is 0 Å². The van der Waals surface area contributed by atoms with Gasteiger partial charge in [0.15, 0.2) is 17.3 Å². The van der Waals surface area contributed by atoms with Crippen molar-refractivity contribution in [1.29, 1.82) is 0 Å². The molecular weight excluding hydrogens is 296 g/mol. The molecule has 3 N–H and O–H groups in total. The van der Waals surface area contributed by atoms with Crippen molar-refractivity contribution in [2.45, 2.75) is 19.9 Å². The Morgan fingerprint density at radius 2 is 2.10 bits per heavy atom. The molecule has 2 rings (SSSR count). The van der Waals surface area contributed by atoms with Crippen molar-refractivity contribution >= 4 is 23.4 Å². The third-order valence-corrected chi connectivity index (χ3v) is 3.54. The number of carbonyl (C=O) groups is 2. The molecule has 6 nitrogen and oxygen atoms in total. The van der Waals surface area contributed by atoms with E-state index in [0.29, 0.717) is 16.8 Å². The maximum atomic E-state index is 11.8. The number of aromatic hydroxyl groups is 1. The smallest absolute Gasteiger partial charge is 0.319 e. The van der Waals surface area contributed by atoms with Gasteiger partial charge >= 0.3 is 6.03 Å². The van der Waals surface area contributed by atoms with Gasteiger partial charge in [0.25, 0.3) is 0 Å². The van der Waals surface area contributed by atoms with E-state index in [4.69, 9.17) is 16.3 Å². The Labute approximate surface area is 126 Å². The van der Waals surface area contributed by atoms with Gasteiger partial charge in [-0.2, -0.15) is 0 Å². The van der Waals surface area contributed by atoms with Crippen LogP contribution in [0.15, 0.2) is 23.4 Å². The monoisotopic (exact) mass is 310 g/mol. The molecule has 0 radical (unpaired) electrons. The molecule has 0 aliphatic carbocycles. The summed E-state index contributed by atoms with van der Waals surface area (Å²) in [6, 6.07) is 1.97. The fourth-order valence-electron chi connectivity index (χ4n) is 2.33. The maximum absolute atomic E-state index is 11.8. The van der Waals surface area contributed by atoms with Crippen LogP contribution in [-0.4, -0.2) is 24.0 Å². The summed E-state index contributed by atoms with van der Waals surface area (Å²) in [6.45, 7) is 3.08. The van der Waals surface area contributed by atoms with Crippen LogP contribution >= 0.6 is 11.6 Å². The Morgan fingerprint density at radius 3 is 2.67 bits per heavy atom. The number of phenolic OH excluding ortho intramolecular Hbond substituents is 1. The number of phenols is 1. The zero-order valence-electron chi connectivity index (χ0n) is 11.8. The Hall–Kier alpha value is -2.21. The zero-order valence-corrected chi connectivity index (χ0v) is 12.5. The van der Waals surface area contributed by atoms with Crippen molar-refractivity contribution in [2.75, 3.05) is 7.11 Å². The summed E-state index contributed by atoms with van der Waals surface area (Å²) in [7, 11) is 1.39. The molecular formula is C14H15ClN2O4. The first-order chi connectivity index (χ1) is 9.85. The SMILES string of the molecule is COc1cc([C@@H]2NC(=O)NC(C)=C2C(C)=O)cc(Cl)c1O. The molecule has 1 aromatic carbocycles. The number of methoxy groups -OCH3 is 1. The van der Waals surface area contributed by atoms with Crippen molar-refractivity contribution in [1.82, 2.24) is 10.6 Å². The Balaban J connectivity index is 2.58. The summed E-state index contributed by atoms with van der Waals surface area (Å²) in [5, 5.41) is 15.1. The predicted octanol–water partition coefficient (Wildman–Crippen LogP) is 2.27. The highest BCUT2D eigenvalue weighted by atomic mass is 35.5. The van der Waals surface area contributed by atoms with Gasteiger partial charge in [0, 0.05) is 11.3 Å². The van der Waals surface area contributed by atoms with Gasteiger partial charge in [-0.05, 0) is 31.5 Å². The number of urea groups is 1. The first kappa shape index (κ1) is 15.2. The molecule has 0 aromatic heterocycles. The lowest BCUT2D eigenvalue weighted by atomic mass is 9.93. The predicted molar refractivity (Wildman–Crippen MR) is 77.5 cm³/mol. The number of rotatable bonds is 3. The topological polar surface area (TPSA) is 87.7 Å². The number of benzene rings is 1. The van der Waals surface area contributed by atoms with Crippen LogP contribution in [0, 0.1) is 0 Å². The highest BCUT2D eigenvalue weighted by Crippen LogP contribution is 2.38. The van der Waals surface area contributed by atoms with Gasteiger partial charge in [0.1, 0.15) is 0 Å². The van der Waals surface area contributed by atoms with E-state index in [1.807, 2.05) is 0 Å². The van der Waals surface area contributed by atoms with Crippen molar-refractivity contribution in [3.8, 4) is 11.5 Å². The van der Waals surface area contributed by atoms with Crippen molar-refractivity contribution in [3.05, 3.63) is 34.0 Å². The number of ether oxygens (including phenoxy) is 1. The number of allylic oxidation sites excluding steroid dienone is 1. The molecule has 21 heavy (non-hydrogen) atoms. The molecule has 1 aliphatic rings. The molecule has 2 amide bonds. The minimum atomic E-state index is -0.650. The Morgan fingerprint density at radius 1 is 1.43 bits per heavy atom. The molecule has 1 atom stereocenters. The van der Waals surface area contributed by atoms with Gasteiger partial charge < -0.3 is 20.5 Å². The average Bonchev–Trinajstić information content (AvgIpc) is 2.40. The van der Waals surface area contributed by atoms with Crippen LogP contribution in [0.4, 0.5) is 4.79 Å². The summed E-state index contributed by atoms with van der Waals surface area (Å²) >= 11 is 5.96. The number of carbonyl (C=O) groups excluding carboxylic acids is 2. The van der Waals surface area contributed by atoms with Gasteiger partial charge in [-0.1, -0.05) is 11.6 Å². The molecule has 0 saturated heterocycles. The molecule has 0 unspecified atom stereocenters. The van der Waals surface area contributed by atoms with Gasteiger partial charge in [-0.25, -0.2) is 4.79 Å². The van der Waals surface area contributed by atoms with Gasteiger partial charge in [-0.15, -0.1) is 0 Å². The van der Waals surface area contributed by atoms with E-state index in [0.717, 1.165) is 0 Å². The van der Waals surface area contributed by atoms with E-state index in [9.17, 15) is 14.7 Å². The normalized spacial score (nSPS) is 18.1. The second-order valence-corrected chi connectivity index (χ2v) is 5.09. The molecule has 0 saturated carbocycles. The van der Waals surface area contributed by atoms with Crippen LogP contribution < -0.4 is 15.4 Å². The number of Topliss-reactive ketones (excluding diaryl/α,β-unsaturated/α-hetero) is 1. The van der Waals surface area contributed by atoms with E-state index in [1.54, 1.807) is 6.92 Å². The first-order valence-electron chi connectivity index (χ1n) is 6.20. The number of nitrogens with one attached hydrogen (secondary N) is 2. The minimum Gasteiger partial charge on any atom is -0.503 e. The lowest BCUT2D eigenvalue weighted by molar-refractivity contribution is -0.114. The number of halogens is 1. The van der Waals surface area contributed by atoms with Crippen LogP contribution in [0.1, 0.15) is 25.5 Å². The van der Waals surface area contributed by atoms with Crippen LogP contribution in [0.5, 0.6) is 11.5 Å². The first-order valence-corrected chi connectivity index (χ1v) is 6.58. The fourth-order valence-corrected chi connectivity index (χ4v) is 2.55. The highest BCUT2D eigenvalue weighted by Gasteiger charge is 2.30. The second kappa shape index (κ2) is 5.65. The average molecular weight is 311 g/mol. The largest absolute Gasteiger partial charge is 0.503 e. The van der Waals surface area contributed by atoms with E-state index < -0.39 is 12.1 Å².